The summed E-state index contributed by atoms with van der Waals surface area (Å²) in [6.45, 7) is 3.79. The molecule has 0 aliphatic heterocycles. The fourth-order valence-corrected chi connectivity index (χ4v) is 3.61. The molecule has 0 atom stereocenters. The van der Waals surface area contributed by atoms with Crippen molar-refractivity contribution in [3.05, 3.63) is 48.8 Å². The second kappa shape index (κ2) is 6.44. The van der Waals surface area contributed by atoms with Gasteiger partial charge >= 0.3 is 5.69 Å². The number of hydrogen-bond acceptors (Lipinski definition) is 5. The van der Waals surface area contributed by atoms with Crippen molar-refractivity contribution < 1.29 is 4.92 Å². The molecule has 0 unspecified atom stereocenters. The standard InChI is InChI=1S/C12H13BrN4O3S/c1-7(2)16-11(18)14-15-12(16)21-6-8-4-3-5-9(10(8)13)17(19)20/h3-5,7H,6H2,1-2H3,(H,14,18). The van der Waals surface area contributed by atoms with E-state index in [0.29, 0.717) is 15.4 Å². The van der Waals surface area contributed by atoms with Gasteiger partial charge in [0.1, 0.15) is 0 Å². The van der Waals surface area contributed by atoms with Crippen molar-refractivity contribution in [2.24, 2.45) is 0 Å². The van der Waals surface area contributed by atoms with Crippen LogP contribution in [0.1, 0.15) is 25.5 Å². The molecule has 9 heteroatoms. The largest absolute Gasteiger partial charge is 0.344 e. The quantitative estimate of drug-likeness (QED) is 0.494. The Balaban J connectivity index is 2.23. The summed E-state index contributed by atoms with van der Waals surface area (Å²) < 4.78 is 2.01. The molecule has 0 spiro atoms. The van der Waals surface area contributed by atoms with E-state index in [2.05, 4.69) is 26.1 Å². The van der Waals surface area contributed by atoms with Gasteiger partial charge < -0.3 is 0 Å². The molecule has 1 heterocycles. The molecule has 2 rings (SSSR count). The van der Waals surface area contributed by atoms with Crippen molar-refractivity contribution in [1.29, 1.82) is 0 Å². The minimum atomic E-state index is -0.434. The summed E-state index contributed by atoms with van der Waals surface area (Å²) in [7, 11) is 0. The van der Waals surface area contributed by atoms with Gasteiger partial charge in [-0.25, -0.2) is 9.89 Å². The second-order valence-corrected chi connectivity index (χ2v) is 6.31. The Hall–Kier alpha value is -1.61. The van der Waals surface area contributed by atoms with Crippen LogP contribution in [0, 0.1) is 10.1 Å². The highest BCUT2D eigenvalue weighted by Crippen LogP contribution is 2.32. The van der Waals surface area contributed by atoms with Gasteiger partial charge in [0.15, 0.2) is 5.16 Å². The highest BCUT2D eigenvalue weighted by atomic mass is 79.9. The van der Waals surface area contributed by atoms with Crippen molar-refractivity contribution >= 4 is 33.4 Å². The molecule has 112 valence electrons. The smallest absolute Gasteiger partial charge is 0.268 e. The van der Waals surface area contributed by atoms with Crippen LogP contribution in [0.25, 0.3) is 0 Å². The number of thioether (sulfide) groups is 1. The van der Waals surface area contributed by atoms with E-state index in [0.717, 1.165) is 5.56 Å². The molecule has 0 radical (unpaired) electrons. The summed E-state index contributed by atoms with van der Waals surface area (Å²) in [6.07, 6.45) is 0. The summed E-state index contributed by atoms with van der Waals surface area (Å²) in [5.74, 6) is 0.472. The van der Waals surface area contributed by atoms with Crippen molar-refractivity contribution in [3.8, 4) is 0 Å². The second-order valence-electron chi connectivity index (χ2n) is 4.57. The van der Waals surface area contributed by atoms with Gasteiger partial charge in [-0.3, -0.25) is 14.7 Å². The molecular formula is C12H13BrN4O3S. The molecule has 2 aromatic rings. The van der Waals surface area contributed by atoms with Crippen molar-refractivity contribution in [2.75, 3.05) is 0 Å². The number of aromatic amines is 1. The molecule has 0 bridgehead atoms. The SMILES string of the molecule is CC(C)n1c(SCc2cccc([N+](=O)[O-])c2Br)n[nH]c1=O. The van der Waals surface area contributed by atoms with Crippen molar-refractivity contribution in [2.45, 2.75) is 30.8 Å². The van der Waals surface area contributed by atoms with Crippen LogP contribution < -0.4 is 5.69 Å². The highest BCUT2D eigenvalue weighted by molar-refractivity contribution is 9.10. The molecule has 0 fully saturated rings. The minimum Gasteiger partial charge on any atom is -0.268 e. The molecule has 0 amide bonds. The van der Waals surface area contributed by atoms with Crippen molar-refractivity contribution in [3.63, 3.8) is 0 Å². The number of nitro groups is 1. The molecule has 1 N–H and O–H groups in total. The number of nitrogens with one attached hydrogen (secondary N) is 1. The Morgan fingerprint density at radius 2 is 2.24 bits per heavy atom. The molecule has 1 aromatic carbocycles. The van der Waals surface area contributed by atoms with E-state index in [-0.39, 0.29) is 17.4 Å². The molecule has 0 aliphatic carbocycles. The first-order valence-electron chi connectivity index (χ1n) is 6.13. The van der Waals surface area contributed by atoms with E-state index in [9.17, 15) is 14.9 Å². The Bertz CT molecular complexity index is 726. The molecule has 0 saturated heterocycles. The number of hydrogen-bond donors (Lipinski definition) is 1. The maximum atomic E-state index is 11.6. The van der Waals surface area contributed by atoms with Crippen LogP contribution >= 0.6 is 27.7 Å². The molecule has 0 aliphatic rings. The third-order valence-electron chi connectivity index (χ3n) is 2.80. The van der Waals surface area contributed by atoms with E-state index in [1.165, 1.54) is 17.8 Å². The van der Waals surface area contributed by atoms with Crippen LogP contribution in [0.15, 0.2) is 32.6 Å². The van der Waals surface area contributed by atoms with E-state index in [1.807, 2.05) is 13.8 Å². The van der Waals surface area contributed by atoms with Gasteiger partial charge in [-0.1, -0.05) is 23.9 Å². The van der Waals surface area contributed by atoms with Crippen molar-refractivity contribution in [1.82, 2.24) is 14.8 Å². The molecule has 0 saturated carbocycles. The lowest BCUT2D eigenvalue weighted by Crippen LogP contribution is -2.19. The zero-order chi connectivity index (χ0) is 15.6. The summed E-state index contributed by atoms with van der Waals surface area (Å²) in [4.78, 5) is 22.1. The van der Waals surface area contributed by atoms with E-state index in [4.69, 9.17) is 0 Å². The monoisotopic (exact) mass is 372 g/mol. The number of H-pyrrole nitrogens is 1. The maximum absolute atomic E-state index is 11.6. The first-order chi connectivity index (χ1) is 9.91. The van der Waals surface area contributed by atoms with Crippen LogP contribution in [0.3, 0.4) is 0 Å². The van der Waals surface area contributed by atoms with E-state index >= 15 is 0 Å². The number of benzene rings is 1. The predicted molar refractivity (Wildman–Crippen MR) is 83.6 cm³/mol. The Kier molecular flexibility index (Phi) is 4.84. The molecule has 21 heavy (non-hydrogen) atoms. The normalized spacial score (nSPS) is 11.0. The summed E-state index contributed by atoms with van der Waals surface area (Å²) >= 11 is 4.61. The summed E-state index contributed by atoms with van der Waals surface area (Å²) in [5.41, 5.74) is 0.543. The number of aromatic nitrogens is 3. The average molecular weight is 373 g/mol. The fourth-order valence-electron chi connectivity index (χ4n) is 1.81. The topological polar surface area (TPSA) is 93.8 Å². The van der Waals surface area contributed by atoms with Crippen LogP contribution in [0.4, 0.5) is 5.69 Å². The molecule has 7 nitrogen and oxygen atoms in total. The maximum Gasteiger partial charge on any atom is 0.344 e. The van der Waals surface area contributed by atoms with Crippen LogP contribution in [-0.4, -0.2) is 19.7 Å². The lowest BCUT2D eigenvalue weighted by molar-refractivity contribution is -0.385. The predicted octanol–water partition coefficient (Wildman–Crippen LogP) is 3.12. The Morgan fingerprint density at radius 1 is 1.52 bits per heavy atom. The average Bonchev–Trinajstić information content (AvgIpc) is 2.78. The van der Waals surface area contributed by atoms with Gasteiger partial charge in [0.05, 0.1) is 9.40 Å². The zero-order valence-corrected chi connectivity index (χ0v) is 13.8. The molecule has 1 aromatic heterocycles. The van der Waals surface area contributed by atoms with Crippen LogP contribution in [0.2, 0.25) is 0 Å². The lowest BCUT2D eigenvalue weighted by atomic mass is 10.2. The number of halogens is 1. The lowest BCUT2D eigenvalue weighted by Gasteiger charge is -2.09. The number of rotatable bonds is 5. The van der Waals surface area contributed by atoms with Gasteiger partial charge in [-0.05, 0) is 35.3 Å². The Labute approximate surface area is 133 Å². The summed E-state index contributed by atoms with van der Waals surface area (Å²) in [5, 5.41) is 17.9. The van der Waals surface area contributed by atoms with Gasteiger partial charge in [0.2, 0.25) is 0 Å². The van der Waals surface area contributed by atoms with Gasteiger partial charge in [0, 0.05) is 17.9 Å². The Morgan fingerprint density at radius 3 is 2.86 bits per heavy atom. The van der Waals surface area contributed by atoms with Gasteiger partial charge in [-0.15, -0.1) is 5.10 Å². The fraction of sp³-hybridized carbons (Fsp3) is 0.333. The first kappa shape index (κ1) is 15.8. The first-order valence-corrected chi connectivity index (χ1v) is 7.91. The number of nitrogens with zero attached hydrogens (tertiary/aromatic N) is 3. The van der Waals surface area contributed by atoms with Gasteiger partial charge in [0.25, 0.3) is 5.69 Å². The molecular weight excluding hydrogens is 360 g/mol. The minimum absolute atomic E-state index is 0.00713. The third-order valence-corrected chi connectivity index (χ3v) is 4.72. The zero-order valence-electron chi connectivity index (χ0n) is 11.4. The van der Waals surface area contributed by atoms with E-state index < -0.39 is 4.92 Å². The van der Waals surface area contributed by atoms with Gasteiger partial charge in [-0.2, -0.15) is 0 Å². The highest BCUT2D eigenvalue weighted by Gasteiger charge is 2.17. The van der Waals surface area contributed by atoms with E-state index in [1.54, 1.807) is 16.7 Å². The third kappa shape index (κ3) is 3.35. The summed E-state index contributed by atoms with van der Waals surface area (Å²) in [6, 6.07) is 4.87. The van der Waals surface area contributed by atoms with Crippen LogP contribution in [-0.2, 0) is 5.75 Å². The van der Waals surface area contributed by atoms with Crippen LogP contribution in [0.5, 0.6) is 0 Å². The number of nitro benzene ring substituents is 1.